The topological polar surface area (TPSA) is 32.3 Å². The van der Waals surface area contributed by atoms with Crippen LogP contribution in [-0.4, -0.2) is 29.9 Å². The zero-order chi connectivity index (χ0) is 25.1. The van der Waals surface area contributed by atoms with Crippen molar-refractivity contribution in [1.82, 2.24) is 10.2 Å². The summed E-state index contributed by atoms with van der Waals surface area (Å²) in [4.78, 5) is 15.5. The van der Waals surface area contributed by atoms with Crippen molar-refractivity contribution < 1.29 is 18.0 Å². The summed E-state index contributed by atoms with van der Waals surface area (Å²) < 4.78 is 39.3. The standard InChI is InChI=1S/C30H31F3N2O/c31-30(32,33)25-13-7-8-21(16-25)18-35-19-24-14-15-28(27(24)20-35)34-29(36)17-26(22-9-3-1-4-10-22)23-11-5-2-6-12-23/h1-13,16,24,26-28H,14-15,17-20H2,(H,34,36)/t24-,27+,28+/m0/s1. The third-order valence-electron chi connectivity index (χ3n) is 7.73. The van der Waals surface area contributed by atoms with Crippen LogP contribution >= 0.6 is 0 Å². The largest absolute Gasteiger partial charge is 0.416 e. The van der Waals surface area contributed by atoms with Crippen molar-refractivity contribution in [2.45, 2.75) is 43.9 Å². The molecule has 1 aliphatic carbocycles. The molecule has 1 heterocycles. The summed E-state index contributed by atoms with van der Waals surface area (Å²) >= 11 is 0. The molecule has 1 amide bonds. The van der Waals surface area contributed by atoms with E-state index in [1.807, 2.05) is 36.4 Å². The number of fused-ring (bicyclic) bond motifs is 1. The van der Waals surface area contributed by atoms with Crippen LogP contribution < -0.4 is 5.32 Å². The predicted molar refractivity (Wildman–Crippen MR) is 134 cm³/mol. The average molecular weight is 493 g/mol. The number of alkyl halides is 3. The van der Waals surface area contributed by atoms with Gasteiger partial charge in [0.15, 0.2) is 0 Å². The molecular formula is C30H31F3N2O. The van der Waals surface area contributed by atoms with Gasteiger partial charge in [0.25, 0.3) is 0 Å². The van der Waals surface area contributed by atoms with Gasteiger partial charge in [0, 0.05) is 38.0 Å². The first-order valence-corrected chi connectivity index (χ1v) is 12.6. The van der Waals surface area contributed by atoms with Crippen LogP contribution in [0.25, 0.3) is 0 Å². The van der Waals surface area contributed by atoms with Gasteiger partial charge in [-0.25, -0.2) is 0 Å². The summed E-state index contributed by atoms with van der Waals surface area (Å²) in [6, 6.07) is 26.0. The average Bonchev–Trinajstić information content (AvgIpc) is 3.44. The first-order chi connectivity index (χ1) is 17.4. The SMILES string of the molecule is O=C(CC(c1ccccc1)c1ccccc1)N[C@@H]1CC[C@H]2CN(Cc3cccc(C(F)(F)F)c3)C[C@H]21. The highest BCUT2D eigenvalue weighted by Gasteiger charge is 2.43. The van der Waals surface area contributed by atoms with Crippen LogP contribution in [0, 0.1) is 11.8 Å². The van der Waals surface area contributed by atoms with E-state index in [-0.39, 0.29) is 17.9 Å². The molecular weight excluding hydrogens is 461 g/mol. The molecule has 1 saturated carbocycles. The van der Waals surface area contributed by atoms with Crippen molar-refractivity contribution in [2.24, 2.45) is 11.8 Å². The van der Waals surface area contributed by atoms with Gasteiger partial charge in [0.05, 0.1) is 5.56 Å². The van der Waals surface area contributed by atoms with Gasteiger partial charge in [0.2, 0.25) is 5.91 Å². The van der Waals surface area contributed by atoms with Crippen molar-refractivity contribution in [3.05, 3.63) is 107 Å². The number of carbonyl (C=O) groups excluding carboxylic acids is 1. The Morgan fingerprint density at radius 2 is 1.56 bits per heavy atom. The Morgan fingerprint density at radius 3 is 2.19 bits per heavy atom. The minimum atomic E-state index is -4.33. The molecule has 3 atom stereocenters. The van der Waals surface area contributed by atoms with E-state index in [4.69, 9.17) is 0 Å². The molecule has 188 valence electrons. The number of carbonyl (C=O) groups is 1. The van der Waals surface area contributed by atoms with Crippen molar-refractivity contribution >= 4 is 5.91 Å². The van der Waals surface area contributed by atoms with E-state index in [0.29, 0.717) is 30.4 Å². The van der Waals surface area contributed by atoms with Crippen LogP contribution in [-0.2, 0) is 17.5 Å². The van der Waals surface area contributed by atoms with E-state index < -0.39 is 11.7 Å². The maximum Gasteiger partial charge on any atom is 0.416 e. The number of nitrogens with one attached hydrogen (secondary N) is 1. The van der Waals surface area contributed by atoms with Gasteiger partial charge in [-0.2, -0.15) is 13.2 Å². The van der Waals surface area contributed by atoms with Crippen molar-refractivity contribution in [3.8, 4) is 0 Å². The van der Waals surface area contributed by atoms with Crippen LogP contribution in [0.15, 0.2) is 84.9 Å². The van der Waals surface area contributed by atoms with E-state index >= 15 is 0 Å². The molecule has 0 bridgehead atoms. The molecule has 2 fully saturated rings. The van der Waals surface area contributed by atoms with Gasteiger partial charge < -0.3 is 5.32 Å². The predicted octanol–water partition coefficient (Wildman–Crippen LogP) is 6.25. The van der Waals surface area contributed by atoms with Gasteiger partial charge in [-0.15, -0.1) is 0 Å². The highest BCUT2D eigenvalue weighted by Crippen LogP contribution is 2.39. The lowest BCUT2D eigenvalue weighted by molar-refractivity contribution is -0.137. The van der Waals surface area contributed by atoms with E-state index in [2.05, 4.69) is 34.5 Å². The fourth-order valence-corrected chi connectivity index (χ4v) is 6.02. The zero-order valence-corrected chi connectivity index (χ0v) is 20.1. The molecule has 1 aliphatic heterocycles. The number of benzene rings is 3. The van der Waals surface area contributed by atoms with E-state index in [9.17, 15) is 18.0 Å². The lowest BCUT2D eigenvalue weighted by Gasteiger charge is -2.24. The lowest BCUT2D eigenvalue weighted by Crippen LogP contribution is -2.40. The number of rotatable bonds is 7. The molecule has 0 radical (unpaired) electrons. The first kappa shape index (κ1) is 24.6. The lowest BCUT2D eigenvalue weighted by atomic mass is 9.88. The summed E-state index contributed by atoms with van der Waals surface area (Å²) in [5.74, 6) is 0.854. The van der Waals surface area contributed by atoms with Crippen LogP contribution in [0.5, 0.6) is 0 Å². The molecule has 2 aliphatic rings. The smallest absolute Gasteiger partial charge is 0.353 e. The van der Waals surface area contributed by atoms with Gasteiger partial charge in [0.1, 0.15) is 0 Å². The second kappa shape index (κ2) is 10.5. The summed E-state index contributed by atoms with van der Waals surface area (Å²) in [5, 5.41) is 3.32. The number of nitrogens with zero attached hydrogens (tertiary/aromatic N) is 1. The molecule has 1 N–H and O–H groups in total. The summed E-state index contributed by atoms with van der Waals surface area (Å²) in [7, 11) is 0. The van der Waals surface area contributed by atoms with Crippen LogP contribution in [0.4, 0.5) is 13.2 Å². The number of halogens is 3. The highest BCUT2D eigenvalue weighted by atomic mass is 19.4. The van der Waals surface area contributed by atoms with Gasteiger partial charge in [-0.05, 0) is 47.4 Å². The van der Waals surface area contributed by atoms with Crippen molar-refractivity contribution in [1.29, 1.82) is 0 Å². The van der Waals surface area contributed by atoms with Crippen LogP contribution in [0.2, 0.25) is 0 Å². The zero-order valence-electron chi connectivity index (χ0n) is 20.1. The van der Waals surface area contributed by atoms with Gasteiger partial charge in [-0.1, -0.05) is 78.9 Å². The van der Waals surface area contributed by atoms with Gasteiger partial charge >= 0.3 is 6.18 Å². The number of hydrogen-bond donors (Lipinski definition) is 1. The number of likely N-dealkylation sites (tertiary alicyclic amines) is 1. The minimum absolute atomic E-state index is 0.00872. The Bertz CT molecular complexity index is 1130. The molecule has 0 unspecified atom stereocenters. The second-order valence-electron chi connectivity index (χ2n) is 10.1. The molecule has 36 heavy (non-hydrogen) atoms. The third-order valence-corrected chi connectivity index (χ3v) is 7.73. The maximum absolute atomic E-state index is 13.2. The van der Waals surface area contributed by atoms with Crippen molar-refractivity contribution in [3.63, 3.8) is 0 Å². The molecule has 5 rings (SSSR count). The molecule has 6 heteroatoms. The fraction of sp³-hybridized carbons (Fsp3) is 0.367. The fourth-order valence-electron chi connectivity index (χ4n) is 6.02. The van der Waals surface area contributed by atoms with E-state index in [0.717, 1.165) is 43.1 Å². The summed E-state index contributed by atoms with van der Waals surface area (Å²) in [6.07, 6.45) is -1.95. The van der Waals surface area contributed by atoms with Gasteiger partial charge in [-0.3, -0.25) is 9.69 Å². The summed E-state index contributed by atoms with van der Waals surface area (Å²) in [5.41, 5.74) is 2.32. The minimum Gasteiger partial charge on any atom is -0.353 e. The quantitative estimate of drug-likeness (QED) is 0.423. The monoisotopic (exact) mass is 492 g/mol. The van der Waals surface area contributed by atoms with Crippen LogP contribution in [0.3, 0.4) is 0 Å². The highest BCUT2D eigenvalue weighted by molar-refractivity contribution is 5.78. The third kappa shape index (κ3) is 5.65. The second-order valence-corrected chi connectivity index (χ2v) is 10.1. The van der Waals surface area contributed by atoms with E-state index in [1.54, 1.807) is 6.07 Å². The first-order valence-electron chi connectivity index (χ1n) is 12.6. The van der Waals surface area contributed by atoms with E-state index in [1.165, 1.54) is 12.1 Å². The maximum atomic E-state index is 13.2. The van der Waals surface area contributed by atoms with Crippen LogP contribution in [0.1, 0.15) is 47.4 Å². The molecule has 0 aromatic heterocycles. The Kier molecular flexibility index (Phi) is 7.15. The molecule has 0 spiro atoms. The number of amides is 1. The Morgan fingerprint density at radius 1 is 0.889 bits per heavy atom. The molecule has 1 saturated heterocycles. The molecule has 3 aromatic carbocycles. The Hall–Kier alpha value is -3.12. The molecule has 3 nitrogen and oxygen atoms in total. The van der Waals surface area contributed by atoms with Crippen molar-refractivity contribution in [2.75, 3.05) is 13.1 Å². The molecule has 3 aromatic rings. The summed E-state index contributed by atoms with van der Waals surface area (Å²) in [6.45, 7) is 2.16. The Balaban J connectivity index is 1.21. The Labute approximate surface area is 210 Å². The number of hydrogen-bond acceptors (Lipinski definition) is 2. The normalized spacial score (nSPS) is 22.1.